The number of nitrogens with zero attached hydrogens (tertiary/aromatic N) is 2. The first-order valence-corrected chi connectivity index (χ1v) is 15.2. The number of alkyl halides is 3. The van der Waals surface area contributed by atoms with Crippen molar-refractivity contribution in [1.29, 1.82) is 0 Å². The van der Waals surface area contributed by atoms with Crippen LogP contribution in [0.15, 0.2) is 0 Å². The highest BCUT2D eigenvalue weighted by atomic mass is 35.5. The maximum Gasteiger partial charge on any atom is 0.523 e. The molecule has 6 N–H and O–H groups in total. The van der Waals surface area contributed by atoms with Gasteiger partial charge in [0.2, 0.25) is 5.91 Å². The molecule has 1 heterocycles. The molecule has 0 aromatic rings. The normalized spacial score (nSPS) is 11.1. The number of likely N-dealkylation sites (N-methyl/N-ethyl adjacent to an activating group) is 2. The van der Waals surface area contributed by atoms with E-state index in [4.69, 9.17) is 16.6 Å². The number of urea groups is 2. The van der Waals surface area contributed by atoms with Crippen LogP contribution in [0, 0.1) is 0 Å². The third-order valence-electron chi connectivity index (χ3n) is 4.40. The Morgan fingerprint density at radius 2 is 1.42 bits per heavy atom. The first kappa shape index (κ1) is 56.8. The van der Waals surface area contributed by atoms with Crippen molar-refractivity contribution in [2.75, 3.05) is 67.3 Å². The summed E-state index contributed by atoms with van der Waals surface area (Å²) in [6, 6.07) is -0.889. The van der Waals surface area contributed by atoms with E-state index in [0.717, 1.165) is 19.8 Å². The first-order valence-electron chi connectivity index (χ1n) is 13.8. The van der Waals surface area contributed by atoms with Gasteiger partial charge in [0.05, 0.1) is 34.5 Å². The lowest BCUT2D eigenvalue weighted by Gasteiger charge is -2.15. The third-order valence-corrected chi connectivity index (χ3v) is 5.52. The summed E-state index contributed by atoms with van der Waals surface area (Å²) in [6.45, 7) is 9.29. The van der Waals surface area contributed by atoms with Crippen LogP contribution in [0.3, 0.4) is 0 Å². The molecule has 0 aromatic carbocycles. The molecule has 0 atom stereocenters. The van der Waals surface area contributed by atoms with Gasteiger partial charge >= 0.3 is 45.6 Å². The van der Waals surface area contributed by atoms with E-state index in [1.807, 2.05) is 13.8 Å². The van der Waals surface area contributed by atoms with Crippen molar-refractivity contribution in [3.05, 3.63) is 0 Å². The van der Waals surface area contributed by atoms with Gasteiger partial charge in [0.1, 0.15) is 13.1 Å². The van der Waals surface area contributed by atoms with E-state index in [1.54, 1.807) is 13.8 Å². The van der Waals surface area contributed by atoms with Crippen molar-refractivity contribution >= 4 is 58.4 Å². The molecule has 0 unspecified atom stereocenters. The number of esters is 3. The van der Waals surface area contributed by atoms with Crippen molar-refractivity contribution in [2.24, 2.45) is 11.5 Å². The Labute approximate surface area is 285 Å². The smallest absolute Gasteiger partial charge is 0.469 e. The van der Waals surface area contributed by atoms with Gasteiger partial charge < -0.3 is 40.6 Å². The minimum absolute atomic E-state index is 0. The predicted molar refractivity (Wildman–Crippen MR) is 169 cm³/mol. The average molecular weight is 754 g/mol. The lowest BCUT2D eigenvalue weighted by molar-refractivity contribution is -0.141. The first-order chi connectivity index (χ1) is 21.7. The van der Waals surface area contributed by atoms with Crippen LogP contribution in [0.1, 0.15) is 53.9 Å². The highest BCUT2D eigenvalue weighted by Crippen LogP contribution is 2.24. The molecule has 1 aliphatic heterocycles. The average Bonchev–Trinajstić information content (AvgIpc) is 3.35. The van der Waals surface area contributed by atoms with Crippen LogP contribution in [0.2, 0.25) is 0 Å². The fraction of sp³-hybridized carbons (Fsp3) is 0.760. The van der Waals surface area contributed by atoms with Crippen molar-refractivity contribution in [1.82, 2.24) is 15.1 Å². The number of nitrogens with one attached hydrogen (secondary N) is 1. The molecule has 48 heavy (non-hydrogen) atoms. The zero-order valence-electron chi connectivity index (χ0n) is 28.4. The maximum atomic E-state index is 11.3. The summed E-state index contributed by atoms with van der Waals surface area (Å²) in [6.07, 6.45) is 2.55. The number of hydrogen-bond donors (Lipinski definition) is 4. The summed E-state index contributed by atoms with van der Waals surface area (Å²) < 4.78 is 70.1. The summed E-state index contributed by atoms with van der Waals surface area (Å²) in [5.41, 5.74) is 4.43. The molecule has 288 valence electrons. The van der Waals surface area contributed by atoms with Crippen molar-refractivity contribution in [2.45, 2.75) is 59.4 Å². The van der Waals surface area contributed by atoms with E-state index in [2.05, 4.69) is 23.7 Å². The minimum Gasteiger partial charge on any atom is -0.469 e. The number of hydrogen-bond acceptors (Lipinski definition) is 14. The Morgan fingerprint density at radius 3 is 1.60 bits per heavy atom. The molecule has 18 nitrogen and oxygen atoms in total. The van der Waals surface area contributed by atoms with Crippen LogP contribution in [0.5, 0.6) is 0 Å². The number of methoxy groups -OCH3 is 3. The molecule has 0 aromatic heterocycles. The number of unbranched alkanes of at least 4 members (excludes halogenated alkanes) is 1. The van der Waals surface area contributed by atoms with Gasteiger partial charge in [-0.3, -0.25) is 28.7 Å². The standard InChI is InChI=1S/C6H12N2O3.C6H12O2.C5H8N2O2.C3H5F3O3S.C3H7NO2.C2H6O.ClH/c1-3-8(6(7)10)4-5(9)11-2;1-3-4-5-6(7)8-2;1-2-7-3-4(8)6-5(7)9;1-2-9-10(7,8)3(4,5)6;1-6-3(5)2-4;1-2-3;/h3-4H2,1-2H3,(H2,7,10);3-5H2,1-2H3;2-3H2,1H3,(H,6,8,9);2H2,1H3;2,4H2,1H3;3H,2H2,1H3;1H. The second-order valence-electron chi connectivity index (χ2n) is 7.88. The summed E-state index contributed by atoms with van der Waals surface area (Å²) >= 11 is 0. The number of halogens is 4. The van der Waals surface area contributed by atoms with Crippen LogP contribution in [-0.2, 0) is 47.7 Å². The number of imide groups is 1. The highest BCUT2D eigenvalue weighted by molar-refractivity contribution is 7.87. The number of rotatable bonds is 10. The molecule has 1 aliphatic rings. The Hall–Kier alpha value is -3.47. The number of ether oxygens (including phenoxy) is 3. The fourth-order valence-corrected chi connectivity index (χ4v) is 2.48. The Balaban J connectivity index is -0.000000113. The number of nitrogens with two attached hydrogens (primary N) is 2. The van der Waals surface area contributed by atoms with Crippen LogP contribution >= 0.6 is 12.4 Å². The predicted octanol–water partition coefficient (Wildman–Crippen LogP) is 0.879. The van der Waals surface area contributed by atoms with Crippen molar-refractivity contribution in [3.63, 3.8) is 0 Å². The third kappa shape index (κ3) is 35.4. The SMILES string of the molecule is CCCCC(=O)OC.CCN(CC(=O)OC)C(N)=O.CCN1CC(=O)NC1=O.CCO.CCOS(=O)(=O)C(F)(F)F.COC(=O)CN.Cl. The van der Waals surface area contributed by atoms with Gasteiger partial charge in [-0.25, -0.2) is 9.59 Å². The molecule has 1 rings (SSSR count). The number of carbonyl (C=O) groups excluding carboxylic acids is 6. The van der Waals surface area contributed by atoms with Gasteiger partial charge in [0, 0.05) is 26.1 Å². The van der Waals surface area contributed by atoms with E-state index >= 15 is 0 Å². The topological polar surface area (TPSA) is 264 Å². The summed E-state index contributed by atoms with van der Waals surface area (Å²) in [5, 5.41) is 9.74. The van der Waals surface area contributed by atoms with Gasteiger partial charge in [-0.05, 0) is 34.1 Å². The second kappa shape index (κ2) is 34.9. The number of aliphatic hydroxyl groups is 1. The summed E-state index contributed by atoms with van der Waals surface area (Å²) in [4.78, 5) is 65.0. The molecule has 0 bridgehead atoms. The fourth-order valence-electron chi connectivity index (χ4n) is 2.03. The molecule has 0 saturated carbocycles. The van der Waals surface area contributed by atoms with Gasteiger partial charge in [0.15, 0.2) is 0 Å². The van der Waals surface area contributed by atoms with E-state index in [9.17, 15) is 50.4 Å². The number of aliphatic hydroxyl groups excluding tert-OH is 1. The molecule has 1 fully saturated rings. The van der Waals surface area contributed by atoms with Crippen LogP contribution in [-0.4, -0.2) is 132 Å². The van der Waals surface area contributed by atoms with Crippen molar-refractivity contribution in [3.8, 4) is 0 Å². The molecule has 23 heteroatoms. The quantitative estimate of drug-likeness (QED) is 0.0794. The lowest BCUT2D eigenvalue weighted by Crippen LogP contribution is -2.39. The summed E-state index contributed by atoms with van der Waals surface area (Å²) in [5.74, 6) is -1.16. The van der Waals surface area contributed by atoms with E-state index in [0.29, 0.717) is 19.5 Å². The van der Waals surface area contributed by atoms with E-state index in [-0.39, 0.29) is 62.5 Å². The van der Waals surface area contributed by atoms with Gasteiger partial charge in [-0.1, -0.05) is 13.3 Å². The molecular formula is C25H51ClF3N5O13S. The second-order valence-corrected chi connectivity index (χ2v) is 9.49. The molecule has 0 radical (unpaired) electrons. The molecule has 0 spiro atoms. The Morgan fingerprint density at radius 1 is 0.958 bits per heavy atom. The van der Waals surface area contributed by atoms with Gasteiger partial charge in [0.25, 0.3) is 0 Å². The summed E-state index contributed by atoms with van der Waals surface area (Å²) in [7, 11) is -1.37. The van der Waals surface area contributed by atoms with Crippen molar-refractivity contribution < 1.29 is 73.9 Å². The largest absolute Gasteiger partial charge is 0.523 e. The van der Waals surface area contributed by atoms with Crippen LogP contribution < -0.4 is 16.8 Å². The minimum atomic E-state index is -5.35. The molecule has 0 aliphatic carbocycles. The molecular weight excluding hydrogens is 703 g/mol. The molecule has 5 amide bonds. The zero-order chi connectivity index (χ0) is 38.2. The number of primary amides is 1. The van der Waals surface area contributed by atoms with E-state index in [1.165, 1.54) is 31.1 Å². The van der Waals surface area contributed by atoms with Gasteiger partial charge in [-0.2, -0.15) is 21.6 Å². The maximum absolute atomic E-state index is 11.3. The van der Waals surface area contributed by atoms with E-state index < -0.39 is 34.2 Å². The highest BCUT2D eigenvalue weighted by Gasteiger charge is 2.46. The molecule has 1 saturated heterocycles. The lowest BCUT2D eigenvalue weighted by atomic mass is 10.3. The van der Waals surface area contributed by atoms with Crippen LogP contribution in [0.25, 0.3) is 0 Å². The number of amides is 5. The Kier molecular flexibility index (Phi) is 41.3. The Bertz CT molecular complexity index is 1000. The van der Waals surface area contributed by atoms with Gasteiger partial charge in [-0.15, -0.1) is 12.4 Å². The monoisotopic (exact) mass is 753 g/mol. The zero-order valence-corrected chi connectivity index (χ0v) is 30.0. The number of carbonyl (C=O) groups is 6. The van der Waals surface area contributed by atoms with Crippen LogP contribution in [0.4, 0.5) is 22.8 Å².